The van der Waals surface area contributed by atoms with Crippen molar-refractivity contribution < 1.29 is 9.66 Å². The van der Waals surface area contributed by atoms with Gasteiger partial charge in [-0.1, -0.05) is 51.2 Å². The summed E-state index contributed by atoms with van der Waals surface area (Å²) >= 11 is 0. The van der Waals surface area contributed by atoms with Crippen molar-refractivity contribution in [3.8, 4) is 0 Å². The molecule has 0 atom stereocenters. The van der Waals surface area contributed by atoms with Gasteiger partial charge in [-0.15, -0.1) is 0 Å². The van der Waals surface area contributed by atoms with Gasteiger partial charge in [-0.3, -0.25) is 10.1 Å². The summed E-state index contributed by atoms with van der Waals surface area (Å²) in [5.41, 5.74) is 6.60. The fourth-order valence-corrected chi connectivity index (χ4v) is 2.05. The van der Waals surface area contributed by atoms with Crippen LogP contribution < -0.4 is 5.73 Å². The van der Waals surface area contributed by atoms with Gasteiger partial charge in [-0.2, -0.15) is 0 Å². The van der Waals surface area contributed by atoms with Gasteiger partial charge in [0, 0.05) is 18.2 Å². The first kappa shape index (κ1) is 16.4. The molecule has 5 heteroatoms. The number of unbranched alkanes of at least 4 members (excludes halogenated alkanes) is 5. The molecule has 0 amide bonds. The normalized spacial score (nSPS) is 10.7. The van der Waals surface area contributed by atoms with Gasteiger partial charge < -0.3 is 10.5 Å². The van der Waals surface area contributed by atoms with Crippen LogP contribution in [0.25, 0.3) is 0 Å². The molecule has 1 aromatic rings. The van der Waals surface area contributed by atoms with Gasteiger partial charge in [0.15, 0.2) is 0 Å². The predicted octanol–water partition coefficient (Wildman–Crippen LogP) is 4.05. The number of para-hydroxylation sites is 1. The molecule has 0 aliphatic heterocycles. The highest BCUT2D eigenvalue weighted by Gasteiger charge is 2.13. The van der Waals surface area contributed by atoms with Gasteiger partial charge in [0.25, 0.3) is 5.69 Å². The summed E-state index contributed by atoms with van der Waals surface area (Å²) in [6.07, 6.45) is 7.28. The van der Waals surface area contributed by atoms with Crippen LogP contribution in [0.2, 0.25) is 0 Å². The van der Waals surface area contributed by atoms with Gasteiger partial charge >= 0.3 is 0 Å². The number of nitrogen functional groups attached to an aromatic ring is 1. The van der Waals surface area contributed by atoms with Gasteiger partial charge in [0.05, 0.1) is 11.5 Å². The Morgan fingerprint density at radius 1 is 1.20 bits per heavy atom. The average molecular weight is 280 g/mol. The fourth-order valence-electron chi connectivity index (χ4n) is 2.05. The summed E-state index contributed by atoms with van der Waals surface area (Å²) in [7, 11) is 0. The monoisotopic (exact) mass is 280 g/mol. The minimum atomic E-state index is -0.466. The summed E-state index contributed by atoms with van der Waals surface area (Å²) in [6.45, 7) is 3.21. The van der Waals surface area contributed by atoms with E-state index in [9.17, 15) is 10.1 Å². The Morgan fingerprint density at radius 3 is 2.60 bits per heavy atom. The molecule has 112 valence electrons. The maximum Gasteiger partial charge on any atom is 0.292 e. The van der Waals surface area contributed by atoms with Gasteiger partial charge in [0.2, 0.25) is 0 Å². The first-order valence-corrected chi connectivity index (χ1v) is 7.26. The van der Waals surface area contributed by atoms with Crippen molar-refractivity contribution >= 4 is 11.4 Å². The van der Waals surface area contributed by atoms with E-state index in [4.69, 9.17) is 10.5 Å². The number of anilines is 1. The zero-order chi connectivity index (χ0) is 14.8. The maximum absolute atomic E-state index is 10.8. The van der Waals surface area contributed by atoms with Crippen LogP contribution >= 0.6 is 0 Å². The highest BCUT2D eigenvalue weighted by molar-refractivity contribution is 5.62. The Balaban J connectivity index is 2.25. The van der Waals surface area contributed by atoms with Crippen molar-refractivity contribution in [1.82, 2.24) is 0 Å². The second kappa shape index (κ2) is 9.31. The van der Waals surface area contributed by atoms with Gasteiger partial charge in [-0.25, -0.2) is 0 Å². The maximum atomic E-state index is 10.8. The van der Waals surface area contributed by atoms with Crippen molar-refractivity contribution in [2.75, 3.05) is 12.3 Å². The number of hydrogen-bond acceptors (Lipinski definition) is 4. The largest absolute Gasteiger partial charge is 0.393 e. The van der Waals surface area contributed by atoms with Crippen molar-refractivity contribution in [3.63, 3.8) is 0 Å². The Labute approximate surface area is 120 Å². The molecule has 0 heterocycles. The number of nitrogens with zero attached hydrogens (tertiary/aromatic N) is 1. The molecule has 0 aromatic heterocycles. The number of nitro benzene ring substituents is 1. The molecule has 1 aromatic carbocycles. The zero-order valence-electron chi connectivity index (χ0n) is 12.1. The summed E-state index contributed by atoms with van der Waals surface area (Å²) in [4.78, 5) is 10.3. The molecule has 0 unspecified atom stereocenters. The molecule has 0 bridgehead atoms. The molecular formula is C15H24N2O3. The number of nitrogens with two attached hydrogens (primary N) is 1. The topological polar surface area (TPSA) is 78.4 Å². The number of benzene rings is 1. The van der Waals surface area contributed by atoms with E-state index in [1.54, 1.807) is 12.1 Å². The number of rotatable bonds is 10. The first-order valence-electron chi connectivity index (χ1n) is 7.26. The van der Waals surface area contributed by atoms with Crippen molar-refractivity contribution in [1.29, 1.82) is 0 Å². The lowest BCUT2D eigenvalue weighted by atomic mass is 10.1. The van der Waals surface area contributed by atoms with Crippen molar-refractivity contribution in [2.45, 2.75) is 52.1 Å². The van der Waals surface area contributed by atoms with Crippen molar-refractivity contribution in [2.24, 2.45) is 0 Å². The molecule has 0 saturated carbocycles. The Hall–Kier alpha value is -1.62. The molecule has 5 nitrogen and oxygen atoms in total. The van der Waals surface area contributed by atoms with Crippen LogP contribution in [-0.4, -0.2) is 11.5 Å². The lowest BCUT2D eigenvalue weighted by Crippen LogP contribution is -2.02. The molecule has 0 aliphatic rings. The van der Waals surface area contributed by atoms with E-state index < -0.39 is 4.92 Å². The lowest BCUT2D eigenvalue weighted by Gasteiger charge is -2.07. The molecular weight excluding hydrogens is 256 g/mol. The summed E-state index contributed by atoms with van der Waals surface area (Å²) < 4.78 is 5.54. The third kappa shape index (κ3) is 5.57. The minimum absolute atomic E-state index is 0.0503. The van der Waals surface area contributed by atoms with Gasteiger partial charge in [-0.05, 0) is 6.42 Å². The molecule has 1 rings (SSSR count). The lowest BCUT2D eigenvalue weighted by molar-refractivity contribution is -0.384. The van der Waals surface area contributed by atoms with E-state index >= 15 is 0 Å². The van der Waals surface area contributed by atoms with E-state index in [-0.39, 0.29) is 11.4 Å². The molecule has 0 spiro atoms. The van der Waals surface area contributed by atoms with Crippen molar-refractivity contribution in [3.05, 3.63) is 33.9 Å². The van der Waals surface area contributed by atoms with E-state index in [0.29, 0.717) is 18.8 Å². The molecule has 0 radical (unpaired) electrons. The van der Waals surface area contributed by atoms with Crippen LogP contribution in [0.4, 0.5) is 11.4 Å². The van der Waals surface area contributed by atoms with Crippen LogP contribution in [0.5, 0.6) is 0 Å². The number of nitro groups is 1. The van der Waals surface area contributed by atoms with Crippen LogP contribution in [0, 0.1) is 10.1 Å². The standard InChI is InChI=1S/C15H24N2O3/c1-2-3-4-5-6-7-11-20-12-13-9-8-10-14(15(13)16)17(18)19/h8-10H,2-7,11-12,16H2,1H3. The summed E-state index contributed by atoms with van der Waals surface area (Å²) in [6, 6.07) is 4.81. The van der Waals surface area contributed by atoms with Gasteiger partial charge in [0.1, 0.15) is 5.69 Å². The van der Waals surface area contributed by atoms with E-state index in [1.807, 2.05) is 0 Å². The smallest absolute Gasteiger partial charge is 0.292 e. The highest BCUT2D eigenvalue weighted by atomic mass is 16.6. The van der Waals surface area contributed by atoms with Crippen LogP contribution in [-0.2, 0) is 11.3 Å². The fraction of sp³-hybridized carbons (Fsp3) is 0.600. The van der Waals surface area contributed by atoms with Crippen LogP contribution in [0.1, 0.15) is 51.0 Å². The third-order valence-electron chi connectivity index (χ3n) is 3.27. The van der Waals surface area contributed by atoms with E-state index in [0.717, 1.165) is 6.42 Å². The van der Waals surface area contributed by atoms with Crippen LogP contribution in [0.3, 0.4) is 0 Å². The summed E-state index contributed by atoms with van der Waals surface area (Å²) in [5, 5.41) is 10.8. The van der Waals surface area contributed by atoms with E-state index in [1.165, 1.54) is 38.2 Å². The molecule has 20 heavy (non-hydrogen) atoms. The molecule has 0 saturated heterocycles. The van der Waals surface area contributed by atoms with Crippen LogP contribution in [0.15, 0.2) is 18.2 Å². The third-order valence-corrected chi connectivity index (χ3v) is 3.27. The Kier molecular flexibility index (Phi) is 7.65. The number of ether oxygens (including phenoxy) is 1. The molecule has 0 aliphatic carbocycles. The Morgan fingerprint density at radius 2 is 1.90 bits per heavy atom. The average Bonchev–Trinajstić information content (AvgIpc) is 2.43. The number of hydrogen-bond donors (Lipinski definition) is 1. The first-order chi connectivity index (χ1) is 9.66. The zero-order valence-corrected chi connectivity index (χ0v) is 12.1. The predicted molar refractivity (Wildman–Crippen MR) is 80.5 cm³/mol. The second-order valence-electron chi connectivity index (χ2n) is 4.93. The summed E-state index contributed by atoms with van der Waals surface area (Å²) in [5.74, 6) is 0. The highest BCUT2D eigenvalue weighted by Crippen LogP contribution is 2.25. The second-order valence-corrected chi connectivity index (χ2v) is 4.93. The minimum Gasteiger partial charge on any atom is -0.393 e. The quantitative estimate of drug-likeness (QED) is 0.303. The van der Waals surface area contributed by atoms with E-state index in [2.05, 4.69) is 6.92 Å². The SMILES string of the molecule is CCCCCCCCOCc1cccc([N+](=O)[O-])c1N. The molecule has 2 N–H and O–H groups in total. The molecule has 0 fully saturated rings. The Bertz CT molecular complexity index is 422.